The highest BCUT2D eigenvalue weighted by Crippen LogP contribution is 2.24. The summed E-state index contributed by atoms with van der Waals surface area (Å²) >= 11 is 0. The van der Waals surface area contributed by atoms with Gasteiger partial charge in [-0.25, -0.2) is 9.69 Å². The summed E-state index contributed by atoms with van der Waals surface area (Å²) in [5.41, 5.74) is 2.30. The first-order valence-electron chi connectivity index (χ1n) is 9.94. The topological polar surface area (TPSA) is 113 Å². The SMILES string of the molecule is CC[C@H]1COC(=O)N1c1nc(C)nc(NC(C)c2cc3cc(C)ccc3[nH]c2=O)n1. The van der Waals surface area contributed by atoms with Crippen molar-refractivity contribution in [3.05, 3.63) is 51.6 Å². The molecular weight excluding hydrogens is 384 g/mol. The maximum absolute atomic E-state index is 12.6. The number of carbonyl (C=O) groups excluding carboxylic acids is 1. The van der Waals surface area contributed by atoms with Gasteiger partial charge in [-0.2, -0.15) is 15.0 Å². The van der Waals surface area contributed by atoms with Crippen molar-refractivity contribution in [2.75, 3.05) is 16.8 Å². The number of pyridine rings is 1. The Kier molecular flexibility index (Phi) is 5.11. The summed E-state index contributed by atoms with van der Waals surface area (Å²) in [6.45, 7) is 7.89. The van der Waals surface area contributed by atoms with Crippen molar-refractivity contribution in [3.8, 4) is 0 Å². The third-order valence-corrected chi connectivity index (χ3v) is 5.22. The van der Waals surface area contributed by atoms with Gasteiger partial charge in [0.25, 0.3) is 5.56 Å². The fourth-order valence-electron chi connectivity index (χ4n) is 3.58. The summed E-state index contributed by atoms with van der Waals surface area (Å²) in [4.78, 5) is 42.2. The van der Waals surface area contributed by atoms with Crippen molar-refractivity contribution in [3.63, 3.8) is 0 Å². The first-order valence-corrected chi connectivity index (χ1v) is 9.94. The normalized spacial score (nSPS) is 17.3. The first-order chi connectivity index (χ1) is 14.4. The van der Waals surface area contributed by atoms with Crippen molar-refractivity contribution < 1.29 is 9.53 Å². The van der Waals surface area contributed by atoms with Gasteiger partial charge in [-0.1, -0.05) is 18.6 Å². The van der Waals surface area contributed by atoms with Gasteiger partial charge in [-0.15, -0.1) is 0 Å². The van der Waals surface area contributed by atoms with Gasteiger partial charge in [-0.3, -0.25) is 4.79 Å². The van der Waals surface area contributed by atoms with E-state index in [-0.39, 0.29) is 23.6 Å². The highest BCUT2D eigenvalue weighted by atomic mass is 16.6. The number of amides is 1. The van der Waals surface area contributed by atoms with Crippen molar-refractivity contribution >= 4 is 28.9 Å². The number of aromatic nitrogens is 4. The van der Waals surface area contributed by atoms with E-state index in [0.717, 1.165) is 22.9 Å². The average molecular weight is 408 g/mol. The summed E-state index contributed by atoms with van der Waals surface area (Å²) in [5.74, 6) is 1.00. The van der Waals surface area contributed by atoms with Gasteiger partial charge in [0.1, 0.15) is 12.4 Å². The molecular formula is C21H24N6O3. The molecule has 0 bridgehead atoms. The number of aromatic amines is 1. The maximum Gasteiger partial charge on any atom is 0.417 e. The molecule has 2 N–H and O–H groups in total. The zero-order valence-corrected chi connectivity index (χ0v) is 17.4. The number of nitrogens with zero attached hydrogens (tertiary/aromatic N) is 4. The number of ether oxygens (including phenoxy) is 1. The number of carbonyl (C=O) groups is 1. The van der Waals surface area contributed by atoms with Crippen LogP contribution in [0.4, 0.5) is 16.7 Å². The van der Waals surface area contributed by atoms with Gasteiger partial charge in [0.15, 0.2) is 0 Å². The number of hydrogen-bond acceptors (Lipinski definition) is 7. The molecule has 1 saturated heterocycles. The third-order valence-electron chi connectivity index (χ3n) is 5.22. The van der Waals surface area contributed by atoms with E-state index in [4.69, 9.17) is 4.74 Å². The molecule has 0 radical (unpaired) electrons. The van der Waals surface area contributed by atoms with Gasteiger partial charge in [0.2, 0.25) is 11.9 Å². The Morgan fingerprint density at radius 1 is 1.23 bits per heavy atom. The second-order valence-electron chi connectivity index (χ2n) is 7.53. The van der Waals surface area contributed by atoms with E-state index in [9.17, 15) is 9.59 Å². The van der Waals surface area contributed by atoms with E-state index < -0.39 is 6.09 Å². The number of benzene rings is 1. The van der Waals surface area contributed by atoms with E-state index in [2.05, 4.69) is 25.3 Å². The van der Waals surface area contributed by atoms with E-state index in [1.54, 1.807) is 6.92 Å². The van der Waals surface area contributed by atoms with Crippen molar-refractivity contribution in [2.24, 2.45) is 0 Å². The van der Waals surface area contributed by atoms with Crippen LogP contribution in [0.3, 0.4) is 0 Å². The monoisotopic (exact) mass is 408 g/mol. The van der Waals surface area contributed by atoms with Gasteiger partial charge in [-0.05, 0) is 50.8 Å². The van der Waals surface area contributed by atoms with Crippen LogP contribution in [0, 0.1) is 13.8 Å². The summed E-state index contributed by atoms with van der Waals surface area (Å²) in [6.07, 6.45) is 0.259. The van der Waals surface area contributed by atoms with Crippen LogP contribution < -0.4 is 15.8 Å². The lowest BCUT2D eigenvalue weighted by atomic mass is 10.1. The molecule has 30 heavy (non-hydrogen) atoms. The lowest BCUT2D eigenvalue weighted by molar-refractivity contribution is 0.178. The van der Waals surface area contributed by atoms with Crippen LogP contribution in [0.2, 0.25) is 0 Å². The highest BCUT2D eigenvalue weighted by molar-refractivity contribution is 5.88. The molecule has 1 aliphatic heterocycles. The Labute approximate surface area is 173 Å². The molecule has 1 amide bonds. The van der Waals surface area contributed by atoms with Crippen LogP contribution in [0.15, 0.2) is 29.1 Å². The van der Waals surface area contributed by atoms with E-state index in [1.807, 2.05) is 45.0 Å². The minimum Gasteiger partial charge on any atom is -0.447 e. The Hall–Kier alpha value is -3.49. The Morgan fingerprint density at radius 3 is 2.80 bits per heavy atom. The number of H-pyrrole nitrogens is 1. The number of hydrogen-bond donors (Lipinski definition) is 2. The van der Waals surface area contributed by atoms with Crippen LogP contribution in [0.25, 0.3) is 10.9 Å². The fourth-order valence-corrected chi connectivity index (χ4v) is 3.58. The largest absolute Gasteiger partial charge is 0.447 e. The molecule has 1 fully saturated rings. The number of aryl methyl sites for hydroxylation is 2. The number of fused-ring (bicyclic) bond motifs is 1. The molecule has 0 saturated carbocycles. The minimum atomic E-state index is -0.465. The van der Waals surface area contributed by atoms with Crippen LogP contribution in [-0.2, 0) is 4.74 Å². The molecule has 3 aromatic rings. The molecule has 156 valence electrons. The highest BCUT2D eigenvalue weighted by Gasteiger charge is 2.35. The molecule has 9 heteroatoms. The quantitative estimate of drug-likeness (QED) is 0.666. The molecule has 0 spiro atoms. The molecule has 4 rings (SSSR count). The zero-order valence-electron chi connectivity index (χ0n) is 17.4. The molecule has 2 atom stereocenters. The standard InChI is InChI=1S/C21H24N6O3/c1-5-15-10-30-21(29)27(15)20-24-13(4)23-19(26-20)22-12(3)16-9-14-8-11(2)6-7-17(14)25-18(16)28/h6-9,12,15H,5,10H2,1-4H3,(H,25,28)(H,22,23,24,26)/t12?,15-/m0/s1. The Balaban J connectivity index is 1.65. The summed E-state index contributed by atoms with van der Waals surface area (Å²) < 4.78 is 5.14. The van der Waals surface area contributed by atoms with Gasteiger partial charge < -0.3 is 15.0 Å². The minimum absolute atomic E-state index is 0.115. The third kappa shape index (κ3) is 3.70. The molecule has 2 aromatic heterocycles. The number of anilines is 2. The van der Waals surface area contributed by atoms with Crippen molar-refractivity contribution in [2.45, 2.75) is 46.2 Å². The summed E-state index contributed by atoms with van der Waals surface area (Å²) in [5, 5.41) is 4.12. The Morgan fingerprint density at radius 2 is 2.03 bits per heavy atom. The average Bonchev–Trinajstić information content (AvgIpc) is 3.07. The summed E-state index contributed by atoms with van der Waals surface area (Å²) in [7, 11) is 0. The predicted molar refractivity (Wildman–Crippen MR) is 114 cm³/mol. The second kappa shape index (κ2) is 7.74. The second-order valence-corrected chi connectivity index (χ2v) is 7.53. The predicted octanol–water partition coefficient (Wildman–Crippen LogP) is 3.24. The zero-order chi connectivity index (χ0) is 21.4. The van der Waals surface area contributed by atoms with E-state index >= 15 is 0 Å². The van der Waals surface area contributed by atoms with E-state index in [0.29, 0.717) is 23.9 Å². The lowest BCUT2D eigenvalue weighted by Crippen LogP contribution is -2.35. The number of nitrogens with one attached hydrogen (secondary N) is 2. The molecule has 3 heterocycles. The molecule has 1 unspecified atom stereocenters. The Bertz CT molecular complexity index is 1180. The summed E-state index contributed by atoms with van der Waals surface area (Å²) in [6, 6.07) is 7.28. The first kappa shape index (κ1) is 19.8. The molecule has 9 nitrogen and oxygen atoms in total. The van der Waals surface area contributed by atoms with Crippen LogP contribution in [-0.4, -0.2) is 38.7 Å². The van der Waals surface area contributed by atoms with Gasteiger partial charge in [0, 0.05) is 11.1 Å². The van der Waals surface area contributed by atoms with Gasteiger partial charge >= 0.3 is 6.09 Å². The molecule has 0 aliphatic carbocycles. The lowest BCUT2D eigenvalue weighted by Gasteiger charge is -2.20. The van der Waals surface area contributed by atoms with Crippen molar-refractivity contribution in [1.82, 2.24) is 19.9 Å². The molecule has 1 aliphatic rings. The smallest absolute Gasteiger partial charge is 0.417 e. The van der Waals surface area contributed by atoms with Crippen LogP contribution >= 0.6 is 0 Å². The molecule has 1 aromatic carbocycles. The van der Waals surface area contributed by atoms with Crippen LogP contribution in [0.1, 0.15) is 43.3 Å². The van der Waals surface area contributed by atoms with Crippen molar-refractivity contribution in [1.29, 1.82) is 0 Å². The van der Waals surface area contributed by atoms with Gasteiger partial charge in [0.05, 0.1) is 12.1 Å². The number of rotatable bonds is 5. The fraction of sp³-hybridized carbons (Fsp3) is 0.381. The number of cyclic esters (lactones) is 1. The van der Waals surface area contributed by atoms with Crippen LogP contribution in [0.5, 0.6) is 0 Å². The van der Waals surface area contributed by atoms with E-state index in [1.165, 1.54) is 4.90 Å². The maximum atomic E-state index is 12.6.